The Balaban J connectivity index is 1.75. The maximum absolute atomic E-state index is 12.3. The van der Waals surface area contributed by atoms with Crippen LogP contribution in [0.2, 0.25) is 0 Å². The molecular weight excluding hydrogens is 448 g/mol. The molecule has 0 atom stereocenters. The first-order valence-corrected chi connectivity index (χ1v) is 9.89. The van der Waals surface area contributed by atoms with Gasteiger partial charge in [-0.1, -0.05) is 39.8 Å². The van der Waals surface area contributed by atoms with Crippen molar-refractivity contribution >= 4 is 33.5 Å². The number of Topliss-reactive ketones (excluding diaryl/α,β-unsaturated/α-hetero) is 1. The SMILES string of the molecule is COc1cc(-c2nnc(SCC(=O)c3ccc(Br)cc3)o2)cc(OC)c1OC. The molecular formula is C19H17BrN2O5S. The molecule has 0 saturated carbocycles. The van der Waals surface area contributed by atoms with Crippen LogP contribution in [0, 0.1) is 0 Å². The van der Waals surface area contributed by atoms with E-state index in [0.29, 0.717) is 33.6 Å². The zero-order valence-electron chi connectivity index (χ0n) is 15.4. The molecule has 3 rings (SSSR count). The number of aromatic nitrogens is 2. The molecule has 0 amide bonds. The Bertz CT molecular complexity index is 950. The van der Waals surface area contributed by atoms with Crippen LogP contribution in [-0.4, -0.2) is 43.1 Å². The number of hydrogen-bond donors (Lipinski definition) is 0. The van der Waals surface area contributed by atoms with E-state index in [9.17, 15) is 4.79 Å². The molecule has 0 aliphatic rings. The van der Waals surface area contributed by atoms with Crippen LogP contribution in [0.15, 0.2) is 50.5 Å². The lowest BCUT2D eigenvalue weighted by molar-refractivity contribution is 0.102. The van der Waals surface area contributed by atoms with Gasteiger partial charge in [0, 0.05) is 15.6 Å². The van der Waals surface area contributed by atoms with Gasteiger partial charge in [-0.25, -0.2) is 0 Å². The van der Waals surface area contributed by atoms with Crippen molar-refractivity contribution < 1.29 is 23.4 Å². The summed E-state index contributed by atoms with van der Waals surface area (Å²) >= 11 is 4.53. The number of nitrogens with zero attached hydrogens (tertiary/aromatic N) is 2. The first-order chi connectivity index (χ1) is 13.5. The molecule has 0 aliphatic heterocycles. The molecule has 1 aromatic heterocycles. The van der Waals surface area contributed by atoms with Gasteiger partial charge in [0.25, 0.3) is 5.22 Å². The van der Waals surface area contributed by atoms with Gasteiger partial charge < -0.3 is 18.6 Å². The molecule has 146 valence electrons. The van der Waals surface area contributed by atoms with Gasteiger partial charge in [0.2, 0.25) is 11.6 Å². The molecule has 0 fully saturated rings. The minimum Gasteiger partial charge on any atom is -0.493 e. The highest BCUT2D eigenvalue weighted by molar-refractivity contribution is 9.10. The van der Waals surface area contributed by atoms with E-state index in [1.807, 2.05) is 12.1 Å². The fraction of sp³-hybridized carbons (Fsp3) is 0.211. The molecule has 0 saturated heterocycles. The number of halogens is 1. The minimum absolute atomic E-state index is 0.0231. The number of ether oxygens (including phenoxy) is 3. The average molecular weight is 465 g/mol. The zero-order valence-corrected chi connectivity index (χ0v) is 17.8. The van der Waals surface area contributed by atoms with Gasteiger partial charge >= 0.3 is 0 Å². The summed E-state index contributed by atoms with van der Waals surface area (Å²) in [5, 5.41) is 8.35. The quantitative estimate of drug-likeness (QED) is 0.355. The van der Waals surface area contributed by atoms with E-state index in [4.69, 9.17) is 18.6 Å². The fourth-order valence-electron chi connectivity index (χ4n) is 2.44. The number of methoxy groups -OCH3 is 3. The van der Waals surface area contributed by atoms with Gasteiger partial charge in [0.15, 0.2) is 17.3 Å². The third kappa shape index (κ3) is 4.48. The first-order valence-electron chi connectivity index (χ1n) is 8.11. The van der Waals surface area contributed by atoms with Crippen LogP contribution in [-0.2, 0) is 0 Å². The number of hydrogen-bond acceptors (Lipinski definition) is 8. The van der Waals surface area contributed by atoms with Crippen molar-refractivity contribution in [3.63, 3.8) is 0 Å². The average Bonchev–Trinajstić information content (AvgIpc) is 3.20. The van der Waals surface area contributed by atoms with E-state index in [0.717, 1.165) is 4.47 Å². The summed E-state index contributed by atoms with van der Waals surface area (Å²) in [5.74, 6) is 1.90. The maximum atomic E-state index is 12.3. The Hall–Kier alpha value is -2.52. The van der Waals surface area contributed by atoms with Crippen LogP contribution in [0.1, 0.15) is 10.4 Å². The highest BCUT2D eigenvalue weighted by Gasteiger charge is 2.18. The number of ketones is 1. The van der Waals surface area contributed by atoms with Gasteiger partial charge in [0.05, 0.1) is 27.1 Å². The number of carbonyl (C=O) groups is 1. The Morgan fingerprint density at radius 3 is 2.25 bits per heavy atom. The number of carbonyl (C=O) groups excluding carboxylic acids is 1. The van der Waals surface area contributed by atoms with Crippen LogP contribution in [0.25, 0.3) is 11.5 Å². The van der Waals surface area contributed by atoms with Gasteiger partial charge in [-0.05, 0) is 24.3 Å². The van der Waals surface area contributed by atoms with Crippen LogP contribution < -0.4 is 14.2 Å². The van der Waals surface area contributed by atoms with Gasteiger partial charge in [-0.15, -0.1) is 10.2 Å². The normalized spacial score (nSPS) is 10.6. The zero-order chi connectivity index (χ0) is 20.1. The lowest BCUT2D eigenvalue weighted by atomic mass is 10.2. The minimum atomic E-state index is -0.0231. The third-order valence-corrected chi connectivity index (χ3v) is 5.16. The number of thioether (sulfide) groups is 1. The highest BCUT2D eigenvalue weighted by Crippen LogP contribution is 2.41. The predicted molar refractivity (Wildman–Crippen MR) is 109 cm³/mol. The van der Waals surface area contributed by atoms with E-state index in [2.05, 4.69) is 26.1 Å². The summed E-state index contributed by atoms with van der Waals surface area (Å²) in [4.78, 5) is 12.3. The molecule has 0 bridgehead atoms. The van der Waals surface area contributed by atoms with Gasteiger partial charge in [-0.2, -0.15) is 0 Å². The smallest absolute Gasteiger partial charge is 0.277 e. The molecule has 0 N–H and O–H groups in total. The first kappa shape index (κ1) is 20.2. The van der Waals surface area contributed by atoms with Crippen molar-refractivity contribution in [1.29, 1.82) is 0 Å². The summed E-state index contributed by atoms with van der Waals surface area (Å²) in [7, 11) is 4.59. The van der Waals surface area contributed by atoms with E-state index in [1.54, 1.807) is 24.3 Å². The lowest BCUT2D eigenvalue weighted by Gasteiger charge is -2.12. The summed E-state index contributed by atoms with van der Waals surface area (Å²) in [5.41, 5.74) is 1.24. The van der Waals surface area contributed by atoms with E-state index >= 15 is 0 Å². The van der Waals surface area contributed by atoms with Crippen molar-refractivity contribution in [1.82, 2.24) is 10.2 Å². The second kappa shape index (κ2) is 9.11. The Morgan fingerprint density at radius 1 is 1.04 bits per heavy atom. The standard InChI is InChI=1S/C19H17BrN2O5S/c1-24-15-8-12(9-16(25-2)17(15)26-3)18-21-22-19(27-18)28-10-14(23)11-4-6-13(20)7-5-11/h4-9H,10H2,1-3H3. The largest absolute Gasteiger partial charge is 0.493 e. The summed E-state index contributed by atoms with van der Waals surface area (Å²) in [6.07, 6.45) is 0. The topological polar surface area (TPSA) is 83.7 Å². The number of benzene rings is 2. The second-order valence-electron chi connectivity index (χ2n) is 5.51. The molecule has 0 radical (unpaired) electrons. The molecule has 0 unspecified atom stereocenters. The molecule has 2 aromatic carbocycles. The van der Waals surface area contributed by atoms with Crippen molar-refractivity contribution in [3.05, 3.63) is 46.4 Å². The Kier molecular flexibility index (Phi) is 6.58. The van der Waals surface area contributed by atoms with Crippen LogP contribution >= 0.6 is 27.7 Å². The molecule has 9 heteroatoms. The Labute approximate surface area is 174 Å². The van der Waals surface area contributed by atoms with E-state index < -0.39 is 0 Å². The molecule has 1 heterocycles. The molecule has 3 aromatic rings. The van der Waals surface area contributed by atoms with E-state index in [-0.39, 0.29) is 17.4 Å². The van der Waals surface area contributed by atoms with Crippen molar-refractivity contribution in [3.8, 4) is 28.7 Å². The van der Waals surface area contributed by atoms with Crippen LogP contribution in [0.5, 0.6) is 17.2 Å². The van der Waals surface area contributed by atoms with E-state index in [1.165, 1.54) is 33.1 Å². The predicted octanol–water partition coefficient (Wildman–Crippen LogP) is 4.50. The monoisotopic (exact) mass is 464 g/mol. The van der Waals surface area contributed by atoms with Gasteiger partial charge in [-0.3, -0.25) is 4.79 Å². The molecule has 28 heavy (non-hydrogen) atoms. The van der Waals surface area contributed by atoms with Crippen molar-refractivity contribution in [2.45, 2.75) is 5.22 Å². The second-order valence-corrected chi connectivity index (χ2v) is 7.35. The molecule has 0 spiro atoms. The van der Waals surface area contributed by atoms with Crippen molar-refractivity contribution in [2.75, 3.05) is 27.1 Å². The fourth-order valence-corrected chi connectivity index (χ4v) is 3.36. The number of rotatable bonds is 8. The van der Waals surface area contributed by atoms with Crippen LogP contribution in [0.4, 0.5) is 0 Å². The lowest BCUT2D eigenvalue weighted by Crippen LogP contribution is -2.01. The molecule has 7 nitrogen and oxygen atoms in total. The summed E-state index contributed by atoms with van der Waals surface area (Å²) < 4.78 is 22.6. The molecule has 0 aliphatic carbocycles. The van der Waals surface area contributed by atoms with Crippen molar-refractivity contribution in [2.24, 2.45) is 0 Å². The summed E-state index contributed by atoms with van der Waals surface area (Å²) in [6.45, 7) is 0. The maximum Gasteiger partial charge on any atom is 0.277 e. The third-order valence-electron chi connectivity index (χ3n) is 3.81. The Morgan fingerprint density at radius 2 is 1.68 bits per heavy atom. The highest BCUT2D eigenvalue weighted by atomic mass is 79.9. The van der Waals surface area contributed by atoms with Gasteiger partial charge in [0.1, 0.15) is 0 Å². The summed E-state index contributed by atoms with van der Waals surface area (Å²) in [6, 6.07) is 10.6. The van der Waals surface area contributed by atoms with Crippen LogP contribution in [0.3, 0.4) is 0 Å².